The first-order chi connectivity index (χ1) is 22.9. The lowest BCUT2D eigenvalue weighted by molar-refractivity contribution is 0.0664. The molecule has 2 aliphatic heterocycles. The number of ether oxygens (including phenoxy) is 1. The van der Waals surface area contributed by atoms with E-state index in [4.69, 9.17) is 20.1 Å². The van der Waals surface area contributed by atoms with Crippen molar-refractivity contribution in [2.45, 2.75) is 0 Å². The molecule has 12 nitrogen and oxygen atoms in total. The molecule has 3 heterocycles. The number of piperazine rings is 1. The van der Waals surface area contributed by atoms with Crippen molar-refractivity contribution in [2.24, 2.45) is 0 Å². The number of benzene rings is 3. The van der Waals surface area contributed by atoms with Crippen LogP contribution >= 0.6 is 0 Å². The van der Waals surface area contributed by atoms with Crippen LogP contribution in [0.3, 0.4) is 0 Å². The molecule has 6 rings (SSSR count). The first-order valence-electron chi connectivity index (χ1n) is 15.7. The summed E-state index contributed by atoms with van der Waals surface area (Å²) in [5, 5.41) is 17.5. The van der Waals surface area contributed by atoms with Gasteiger partial charge in [0.25, 0.3) is 5.91 Å². The van der Waals surface area contributed by atoms with Gasteiger partial charge < -0.3 is 40.8 Å². The molecule has 0 unspecified atom stereocenters. The van der Waals surface area contributed by atoms with Crippen LogP contribution in [0.25, 0.3) is 27.9 Å². The molecule has 0 bridgehead atoms. The van der Waals surface area contributed by atoms with E-state index < -0.39 is 6.03 Å². The minimum absolute atomic E-state index is 0.00355. The molecule has 4 N–H and O–H groups in total. The van der Waals surface area contributed by atoms with E-state index in [1.807, 2.05) is 47.4 Å². The van der Waals surface area contributed by atoms with Gasteiger partial charge in [0.05, 0.1) is 18.7 Å². The molecule has 2 fully saturated rings. The molecule has 0 atom stereocenters. The molecule has 3 amide bonds. The van der Waals surface area contributed by atoms with Crippen molar-refractivity contribution in [3.63, 3.8) is 0 Å². The summed E-state index contributed by atoms with van der Waals surface area (Å²) in [6, 6.07) is 19.9. The van der Waals surface area contributed by atoms with E-state index in [1.165, 1.54) is 6.21 Å². The fourth-order valence-corrected chi connectivity index (χ4v) is 5.69. The van der Waals surface area contributed by atoms with Crippen LogP contribution in [-0.4, -0.2) is 104 Å². The third-order valence-electron chi connectivity index (χ3n) is 8.36. The molecule has 3 aromatic carbocycles. The molecule has 242 valence electrons. The summed E-state index contributed by atoms with van der Waals surface area (Å²) in [5.41, 5.74) is 4.99. The SMILES string of the molecule is CN/C=C(\C=N)c1ccc2c(N3CCOCC3)nc(-c3ccc(NC(=O)Nc4ccc(C(=O)N5CCN(C)CC5)cc4)cc3)nc2c1. The number of hydrogen-bond acceptors (Lipinski definition) is 9. The van der Waals surface area contributed by atoms with E-state index in [1.54, 1.807) is 37.5 Å². The largest absolute Gasteiger partial charge is 0.393 e. The fourth-order valence-electron chi connectivity index (χ4n) is 5.69. The second-order valence-electron chi connectivity index (χ2n) is 11.6. The van der Waals surface area contributed by atoms with Gasteiger partial charge in [-0.25, -0.2) is 14.8 Å². The van der Waals surface area contributed by atoms with Gasteiger partial charge in [0.2, 0.25) is 0 Å². The van der Waals surface area contributed by atoms with E-state index in [-0.39, 0.29) is 5.91 Å². The molecule has 4 aromatic rings. The average molecular weight is 634 g/mol. The highest BCUT2D eigenvalue weighted by Gasteiger charge is 2.21. The van der Waals surface area contributed by atoms with Crippen molar-refractivity contribution >= 4 is 51.8 Å². The number of anilines is 3. The monoisotopic (exact) mass is 633 g/mol. The van der Waals surface area contributed by atoms with Crippen molar-refractivity contribution < 1.29 is 14.3 Å². The van der Waals surface area contributed by atoms with Gasteiger partial charge in [-0.15, -0.1) is 0 Å². The number of nitrogens with one attached hydrogen (secondary N) is 4. The second kappa shape index (κ2) is 14.4. The molecule has 0 aliphatic carbocycles. The first-order valence-corrected chi connectivity index (χ1v) is 15.7. The highest BCUT2D eigenvalue weighted by atomic mass is 16.5. The first kappa shape index (κ1) is 31.6. The summed E-state index contributed by atoms with van der Waals surface area (Å²) in [7, 11) is 3.86. The molecule has 2 saturated heterocycles. The minimum Gasteiger partial charge on any atom is -0.393 e. The Morgan fingerprint density at radius 2 is 1.47 bits per heavy atom. The molecule has 12 heteroatoms. The summed E-state index contributed by atoms with van der Waals surface area (Å²) < 4.78 is 5.58. The molecular weight excluding hydrogens is 594 g/mol. The second-order valence-corrected chi connectivity index (χ2v) is 11.6. The van der Waals surface area contributed by atoms with Crippen LogP contribution in [0.15, 0.2) is 72.9 Å². The molecule has 0 spiro atoms. The van der Waals surface area contributed by atoms with Crippen LogP contribution in [0.4, 0.5) is 22.0 Å². The van der Waals surface area contributed by atoms with Crippen molar-refractivity contribution in [3.8, 4) is 11.4 Å². The number of rotatable bonds is 8. The quantitative estimate of drug-likeness (QED) is 0.210. The van der Waals surface area contributed by atoms with Gasteiger partial charge in [-0.05, 0) is 73.3 Å². The van der Waals surface area contributed by atoms with Gasteiger partial charge in [0.1, 0.15) is 5.82 Å². The van der Waals surface area contributed by atoms with Crippen LogP contribution in [0.5, 0.6) is 0 Å². The Kier molecular flexibility index (Phi) is 9.69. The lowest BCUT2D eigenvalue weighted by Crippen LogP contribution is -2.47. The summed E-state index contributed by atoms with van der Waals surface area (Å²) >= 11 is 0. The zero-order valence-corrected chi connectivity index (χ0v) is 26.6. The van der Waals surface area contributed by atoms with E-state index >= 15 is 0 Å². The average Bonchev–Trinajstić information content (AvgIpc) is 3.11. The highest BCUT2D eigenvalue weighted by molar-refractivity contribution is 6.09. The van der Waals surface area contributed by atoms with E-state index in [9.17, 15) is 9.59 Å². The van der Waals surface area contributed by atoms with Crippen LogP contribution in [0.2, 0.25) is 0 Å². The van der Waals surface area contributed by atoms with Crippen molar-refractivity contribution in [1.29, 1.82) is 5.41 Å². The number of carbonyl (C=O) groups is 2. The van der Waals surface area contributed by atoms with Crippen molar-refractivity contribution in [3.05, 3.63) is 84.1 Å². The number of urea groups is 1. The molecular formula is C35H39N9O3. The van der Waals surface area contributed by atoms with Gasteiger partial charge in [0.15, 0.2) is 5.82 Å². The number of hydrogen-bond donors (Lipinski definition) is 4. The van der Waals surface area contributed by atoms with Gasteiger partial charge in [-0.1, -0.05) is 6.07 Å². The molecule has 1 aromatic heterocycles. The fraction of sp³-hybridized carbons (Fsp3) is 0.286. The number of likely N-dealkylation sites (N-methyl/N-ethyl adjacent to an activating group) is 1. The zero-order valence-electron chi connectivity index (χ0n) is 26.6. The van der Waals surface area contributed by atoms with E-state index in [0.29, 0.717) is 49.1 Å². The number of morpholine rings is 1. The highest BCUT2D eigenvalue weighted by Crippen LogP contribution is 2.30. The molecule has 0 radical (unpaired) electrons. The minimum atomic E-state index is -0.392. The van der Waals surface area contributed by atoms with Gasteiger partial charge in [0, 0.05) is 92.2 Å². The maximum atomic E-state index is 12.8. The number of fused-ring (bicyclic) bond motifs is 1. The van der Waals surface area contributed by atoms with Crippen LogP contribution in [-0.2, 0) is 4.74 Å². The van der Waals surface area contributed by atoms with Crippen molar-refractivity contribution in [2.75, 3.05) is 82.1 Å². The van der Waals surface area contributed by atoms with Crippen molar-refractivity contribution in [1.82, 2.24) is 25.1 Å². The Balaban J connectivity index is 1.17. The third kappa shape index (κ3) is 7.40. The Morgan fingerprint density at radius 3 is 2.11 bits per heavy atom. The normalized spacial score (nSPS) is 15.7. The van der Waals surface area contributed by atoms with E-state index in [2.05, 4.69) is 32.8 Å². The summed E-state index contributed by atoms with van der Waals surface area (Å²) in [4.78, 5) is 41.8. The van der Waals surface area contributed by atoms with Gasteiger partial charge in [-0.3, -0.25) is 4.79 Å². The summed E-state index contributed by atoms with van der Waals surface area (Å²) in [5.74, 6) is 1.41. The molecule has 0 saturated carbocycles. The number of aromatic nitrogens is 2. The zero-order chi connectivity index (χ0) is 32.8. The Hall–Kier alpha value is -5.33. The van der Waals surface area contributed by atoms with E-state index in [0.717, 1.165) is 59.6 Å². The number of nitrogens with zero attached hydrogens (tertiary/aromatic N) is 5. The maximum Gasteiger partial charge on any atom is 0.323 e. The van der Waals surface area contributed by atoms with Gasteiger partial charge in [-0.2, -0.15) is 0 Å². The molecule has 47 heavy (non-hydrogen) atoms. The summed E-state index contributed by atoms with van der Waals surface area (Å²) in [6.45, 7) is 5.85. The van der Waals surface area contributed by atoms with Crippen LogP contribution < -0.4 is 20.9 Å². The Labute approximate surface area is 273 Å². The van der Waals surface area contributed by atoms with Crippen LogP contribution in [0, 0.1) is 5.41 Å². The standard InChI is InChI=1S/C35H39N9O3/c1-37-23-27(22-36)26-7-12-30-31(21-26)40-32(41-33(30)43-17-19-47-20-18-43)24-3-8-28(9-4-24)38-35(46)39-29-10-5-25(6-11-29)34(45)44-15-13-42(2)14-16-44/h3-12,21-23,36-37H,13-20H2,1-2H3,(H2,38,39,46)/b27-23+,36-22?. The third-order valence-corrected chi connectivity index (χ3v) is 8.36. The predicted octanol–water partition coefficient (Wildman–Crippen LogP) is 4.37. The number of allylic oxidation sites excluding steroid dienone is 1. The summed E-state index contributed by atoms with van der Waals surface area (Å²) in [6.07, 6.45) is 3.10. The predicted molar refractivity (Wildman–Crippen MR) is 186 cm³/mol. The van der Waals surface area contributed by atoms with Crippen LogP contribution in [0.1, 0.15) is 15.9 Å². The topological polar surface area (TPSA) is 139 Å². The lowest BCUT2D eigenvalue weighted by Gasteiger charge is -2.32. The Bertz CT molecular complexity index is 1780. The smallest absolute Gasteiger partial charge is 0.323 e. The Morgan fingerprint density at radius 1 is 0.830 bits per heavy atom. The number of carbonyl (C=O) groups excluding carboxylic acids is 2. The lowest BCUT2D eigenvalue weighted by atomic mass is 10.0. The van der Waals surface area contributed by atoms with Gasteiger partial charge >= 0.3 is 6.03 Å². The maximum absolute atomic E-state index is 12.8. The number of amides is 3. The molecule has 2 aliphatic rings.